The third-order valence-electron chi connectivity index (χ3n) is 3.92. The van der Waals surface area contributed by atoms with E-state index in [4.69, 9.17) is 0 Å². The second kappa shape index (κ2) is 8.09. The summed E-state index contributed by atoms with van der Waals surface area (Å²) in [6.07, 6.45) is 0.974. The Balaban J connectivity index is 1.98. The van der Waals surface area contributed by atoms with E-state index in [1.807, 2.05) is 18.4 Å². The number of anilines is 1. The van der Waals surface area contributed by atoms with Crippen molar-refractivity contribution in [3.05, 3.63) is 75.5 Å². The Morgan fingerprint density at radius 2 is 1.89 bits per heavy atom. The third-order valence-corrected chi connectivity index (χ3v) is 4.94. The van der Waals surface area contributed by atoms with Crippen molar-refractivity contribution in [3.63, 3.8) is 0 Å². The average molecular weight is 386 g/mol. The summed E-state index contributed by atoms with van der Waals surface area (Å²) in [6, 6.07) is 11.1. The van der Waals surface area contributed by atoms with E-state index in [-0.39, 0.29) is 11.5 Å². The lowest BCUT2D eigenvalue weighted by molar-refractivity contribution is 0.103. The number of carbonyl (C=O) groups is 1. The lowest BCUT2D eigenvalue weighted by Gasteiger charge is -2.12. The molecule has 2 aromatic carbocycles. The summed E-state index contributed by atoms with van der Waals surface area (Å²) >= 11 is 1.33. The first kappa shape index (κ1) is 18.7. The minimum atomic E-state index is -0.777. The van der Waals surface area contributed by atoms with Crippen molar-refractivity contribution in [2.75, 3.05) is 12.4 Å². The van der Waals surface area contributed by atoms with E-state index in [1.165, 1.54) is 30.6 Å². The lowest BCUT2D eigenvalue weighted by Crippen LogP contribution is -2.12. The molecule has 0 saturated heterocycles. The molecule has 138 valence electrons. The molecule has 0 saturated carbocycles. The van der Waals surface area contributed by atoms with Crippen LogP contribution >= 0.6 is 11.3 Å². The van der Waals surface area contributed by atoms with Crippen LogP contribution in [-0.2, 0) is 4.84 Å². The zero-order valence-electron chi connectivity index (χ0n) is 14.6. The van der Waals surface area contributed by atoms with Gasteiger partial charge in [0.1, 0.15) is 18.7 Å². The van der Waals surface area contributed by atoms with Crippen molar-refractivity contribution in [1.29, 1.82) is 0 Å². The monoisotopic (exact) mass is 386 g/mol. The Kier molecular flexibility index (Phi) is 5.61. The van der Waals surface area contributed by atoms with Crippen LogP contribution in [0.2, 0.25) is 0 Å². The van der Waals surface area contributed by atoms with Crippen LogP contribution in [0, 0.1) is 18.6 Å². The van der Waals surface area contributed by atoms with Crippen molar-refractivity contribution < 1.29 is 18.4 Å². The van der Waals surface area contributed by atoms with Crippen LogP contribution in [0.25, 0.3) is 11.1 Å². The Morgan fingerprint density at radius 3 is 2.52 bits per heavy atom. The van der Waals surface area contributed by atoms with E-state index in [9.17, 15) is 13.6 Å². The number of rotatable bonds is 5. The van der Waals surface area contributed by atoms with Crippen molar-refractivity contribution in [3.8, 4) is 11.1 Å². The molecule has 1 heterocycles. The maximum atomic E-state index is 14.3. The predicted molar refractivity (Wildman–Crippen MR) is 103 cm³/mol. The van der Waals surface area contributed by atoms with Crippen LogP contribution in [0.4, 0.5) is 14.5 Å². The van der Waals surface area contributed by atoms with Crippen molar-refractivity contribution in [2.24, 2.45) is 5.16 Å². The first-order valence-corrected chi connectivity index (χ1v) is 8.89. The molecule has 3 aromatic rings. The van der Waals surface area contributed by atoms with Gasteiger partial charge in [0.05, 0.1) is 16.7 Å². The summed E-state index contributed by atoms with van der Waals surface area (Å²) in [7, 11) is 1.29. The molecular weight excluding hydrogens is 370 g/mol. The van der Waals surface area contributed by atoms with Crippen LogP contribution < -0.4 is 5.32 Å². The van der Waals surface area contributed by atoms with E-state index in [1.54, 1.807) is 24.3 Å². The number of hydrogen-bond acceptors (Lipinski definition) is 4. The van der Waals surface area contributed by atoms with Crippen LogP contribution in [0.5, 0.6) is 0 Å². The lowest BCUT2D eigenvalue weighted by atomic mass is 10.0. The topological polar surface area (TPSA) is 50.7 Å². The smallest absolute Gasteiger partial charge is 0.266 e. The Labute approximate surface area is 159 Å². The molecule has 0 aliphatic carbocycles. The van der Waals surface area contributed by atoms with Crippen molar-refractivity contribution in [1.82, 2.24) is 0 Å². The average Bonchev–Trinajstić information content (AvgIpc) is 3.07. The number of aryl methyl sites for hydroxylation is 1. The number of carbonyl (C=O) groups excluding carboxylic acids is 1. The molecule has 1 N–H and O–H groups in total. The number of hydrogen-bond donors (Lipinski definition) is 1. The maximum Gasteiger partial charge on any atom is 0.266 e. The number of oxime groups is 1. The number of nitrogens with one attached hydrogen (secondary N) is 1. The Hall–Kier alpha value is -3.06. The Bertz CT molecular complexity index is 992. The fourth-order valence-corrected chi connectivity index (χ4v) is 3.42. The van der Waals surface area contributed by atoms with E-state index in [2.05, 4.69) is 15.3 Å². The summed E-state index contributed by atoms with van der Waals surface area (Å²) in [5.41, 5.74) is 1.85. The van der Waals surface area contributed by atoms with Gasteiger partial charge in [-0.2, -0.15) is 0 Å². The van der Waals surface area contributed by atoms with Gasteiger partial charge in [-0.3, -0.25) is 4.79 Å². The number of halogens is 2. The van der Waals surface area contributed by atoms with E-state index >= 15 is 0 Å². The molecular formula is C20H16F2N2O2S. The molecule has 27 heavy (non-hydrogen) atoms. The standard InChI is InChI=1S/C20H16F2N2O2S/c1-12-7-8-27-19(12)20(25)24-18-6-4-3-5-14(18)13-9-16(21)15(11-23-26-2)17(22)10-13/h3-11H,1-2H3,(H,24,25). The van der Waals surface area contributed by atoms with E-state index in [0.29, 0.717) is 21.7 Å². The SMILES string of the molecule is CON=Cc1c(F)cc(-c2ccccc2NC(=O)c2sccc2C)cc1F. The highest BCUT2D eigenvalue weighted by Crippen LogP contribution is 2.31. The minimum absolute atomic E-state index is 0.264. The number of para-hydroxylation sites is 1. The zero-order valence-corrected chi connectivity index (χ0v) is 15.4. The molecule has 0 fully saturated rings. The van der Waals surface area contributed by atoms with E-state index in [0.717, 1.165) is 11.8 Å². The minimum Gasteiger partial charge on any atom is -0.399 e. The highest BCUT2D eigenvalue weighted by Gasteiger charge is 2.16. The molecule has 1 amide bonds. The van der Waals surface area contributed by atoms with Gasteiger partial charge in [-0.05, 0) is 47.7 Å². The molecule has 0 radical (unpaired) electrons. The molecule has 0 aliphatic rings. The summed E-state index contributed by atoms with van der Waals surface area (Å²) in [4.78, 5) is 17.6. The second-order valence-electron chi connectivity index (χ2n) is 5.70. The largest absolute Gasteiger partial charge is 0.399 e. The molecule has 7 heteroatoms. The van der Waals surface area contributed by atoms with Gasteiger partial charge in [0.25, 0.3) is 5.91 Å². The normalized spacial score (nSPS) is 11.0. The molecule has 1 aromatic heterocycles. The van der Waals surface area contributed by atoms with Crippen LogP contribution in [0.3, 0.4) is 0 Å². The number of thiophene rings is 1. The van der Waals surface area contributed by atoms with Gasteiger partial charge in [-0.25, -0.2) is 8.78 Å². The van der Waals surface area contributed by atoms with Gasteiger partial charge in [-0.1, -0.05) is 23.4 Å². The molecule has 4 nitrogen and oxygen atoms in total. The maximum absolute atomic E-state index is 14.3. The van der Waals surface area contributed by atoms with Crippen molar-refractivity contribution >= 4 is 29.1 Å². The van der Waals surface area contributed by atoms with Gasteiger partial charge in [0.15, 0.2) is 0 Å². The summed E-state index contributed by atoms with van der Waals surface area (Å²) < 4.78 is 28.6. The summed E-state index contributed by atoms with van der Waals surface area (Å²) in [5.74, 6) is -1.82. The van der Waals surface area contributed by atoms with Crippen molar-refractivity contribution in [2.45, 2.75) is 6.92 Å². The highest BCUT2D eigenvalue weighted by molar-refractivity contribution is 7.12. The molecule has 0 bridgehead atoms. The summed E-state index contributed by atoms with van der Waals surface area (Å²) in [6.45, 7) is 1.85. The number of amides is 1. The van der Waals surface area contributed by atoms with E-state index < -0.39 is 11.6 Å². The number of benzene rings is 2. The Morgan fingerprint density at radius 1 is 1.19 bits per heavy atom. The second-order valence-corrected chi connectivity index (χ2v) is 6.62. The highest BCUT2D eigenvalue weighted by atomic mass is 32.1. The summed E-state index contributed by atoms with van der Waals surface area (Å²) in [5, 5.41) is 8.05. The molecule has 0 atom stereocenters. The molecule has 0 spiro atoms. The fraction of sp³-hybridized carbons (Fsp3) is 0.100. The number of nitrogens with zero attached hydrogens (tertiary/aromatic N) is 1. The van der Waals surface area contributed by atoms with Gasteiger partial charge < -0.3 is 10.2 Å². The van der Waals surface area contributed by atoms with Gasteiger partial charge in [-0.15, -0.1) is 11.3 Å². The van der Waals surface area contributed by atoms with Gasteiger partial charge >= 0.3 is 0 Å². The van der Waals surface area contributed by atoms with Gasteiger partial charge in [0.2, 0.25) is 0 Å². The quantitative estimate of drug-likeness (QED) is 0.482. The van der Waals surface area contributed by atoms with Crippen LogP contribution in [-0.4, -0.2) is 19.2 Å². The fourth-order valence-electron chi connectivity index (χ4n) is 2.60. The third kappa shape index (κ3) is 4.03. The first-order chi connectivity index (χ1) is 13.0. The van der Waals surface area contributed by atoms with Crippen LogP contribution in [0.1, 0.15) is 20.8 Å². The molecule has 0 aliphatic heterocycles. The molecule has 3 rings (SSSR count). The molecule has 0 unspecified atom stereocenters. The first-order valence-electron chi connectivity index (χ1n) is 8.01. The predicted octanol–water partition coefficient (Wildman–Crippen LogP) is 5.23. The van der Waals surface area contributed by atoms with Crippen LogP contribution in [0.15, 0.2) is 53.0 Å². The zero-order chi connectivity index (χ0) is 19.4. The van der Waals surface area contributed by atoms with Gasteiger partial charge in [0, 0.05) is 11.3 Å².